The lowest BCUT2D eigenvalue weighted by Crippen LogP contribution is -2.58. The molecular formula is C25H30Cl2F2N6O5. The number of likely N-dealkylation sites (tertiary alicyclic amines) is 1. The molecule has 4 rings (SSSR count). The van der Waals surface area contributed by atoms with E-state index in [1.807, 2.05) is 0 Å². The number of hydrogen-bond acceptors (Lipinski definition) is 8. The molecule has 218 valence electrons. The van der Waals surface area contributed by atoms with E-state index in [-0.39, 0.29) is 30.1 Å². The summed E-state index contributed by atoms with van der Waals surface area (Å²) in [5.41, 5.74) is 0.652. The van der Waals surface area contributed by atoms with Crippen LogP contribution in [-0.2, 0) is 4.79 Å². The molecule has 1 unspecified atom stereocenters. The second-order valence-electron chi connectivity index (χ2n) is 9.84. The van der Waals surface area contributed by atoms with Gasteiger partial charge in [-0.2, -0.15) is 13.8 Å². The second kappa shape index (κ2) is 12.6. The van der Waals surface area contributed by atoms with Gasteiger partial charge in [-0.25, -0.2) is 9.78 Å². The Balaban J connectivity index is 1.46. The maximum Gasteiger partial charge on any atom is 0.408 e. The maximum absolute atomic E-state index is 13.1. The number of carbonyl (C=O) groups is 2. The lowest BCUT2D eigenvalue weighted by molar-refractivity contribution is -0.127. The Morgan fingerprint density at radius 1 is 1.23 bits per heavy atom. The fourth-order valence-corrected chi connectivity index (χ4v) is 5.63. The van der Waals surface area contributed by atoms with E-state index < -0.39 is 42.8 Å². The lowest BCUT2D eigenvalue weighted by atomic mass is 10.0. The van der Waals surface area contributed by atoms with Crippen LogP contribution in [0, 0.1) is 0 Å². The van der Waals surface area contributed by atoms with Crippen LogP contribution in [0.2, 0.25) is 10.0 Å². The summed E-state index contributed by atoms with van der Waals surface area (Å²) in [4.78, 5) is 35.8. The molecule has 0 spiro atoms. The normalized spacial score (nSPS) is 23.7. The predicted molar refractivity (Wildman–Crippen MR) is 144 cm³/mol. The van der Waals surface area contributed by atoms with E-state index in [0.717, 1.165) is 11.1 Å². The molecule has 2 amide bonds. The molecule has 11 nitrogen and oxygen atoms in total. The third-order valence-electron chi connectivity index (χ3n) is 7.13. The van der Waals surface area contributed by atoms with Crippen LogP contribution in [0.5, 0.6) is 5.75 Å². The second-order valence-corrected chi connectivity index (χ2v) is 10.7. The Bertz CT molecular complexity index is 1240. The summed E-state index contributed by atoms with van der Waals surface area (Å²) in [6, 6.07) is 2.76. The summed E-state index contributed by atoms with van der Waals surface area (Å²) < 4.78 is 30.7. The van der Waals surface area contributed by atoms with Gasteiger partial charge in [-0.3, -0.25) is 9.69 Å². The van der Waals surface area contributed by atoms with Crippen LogP contribution in [0.4, 0.5) is 25.3 Å². The van der Waals surface area contributed by atoms with Gasteiger partial charge in [0.15, 0.2) is 11.6 Å². The van der Waals surface area contributed by atoms with E-state index in [2.05, 4.69) is 25.3 Å². The molecule has 2 saturated heterocycles. The van der Waals surface area contributed by atoms with E-state index >= 15 is 0 Å². The van der Waals surface area contributed by atoms with Gasteiger partial charge in [0.1, 0.15) is 6.04 Å². The molecule has 0 aliphatic carbocycles. The number of rotatable bonds is 8. The maximum atomic E-state index is 13.1. The Labute approximate surface area is 239 Å². The number of hydrogen-bond donors (Lipinski definition) is 4. The largest absolute Gasteiger partial charge is 0.465 e. The number of nitrogens with one attached hydrogen (secondary N) is 2. The Morgan fingerprint density at radius 3 is 2.62 bits per heavy atom. The van der Waals surface area contributed by atoms with Gasteiger partial charge >= 0.3 is 12.7 Å². The van der Waals surface area contributed by atoms with Crippen LogP contribution in [0.1, 0.15) is 44.7 Å². The monoisotopic (exact) mass is 602 g/mol. The number of carbonyl (C=O) groups excluding carboxylic acids is 1. The van der Waals surface area contributed by atoms with Crippen molar-refractivity contribution in [2.45, 2.75) is 70.0 Å². The number of ether oxygens (including phenoxy) is 1. The third-order valence-corrected chi connectivity index (χ3v) is 7.69. The highest BCUT2D eigenvalue weighted by Gasteiger charge is 2.40. The molecule has 2 aliphatic heterocycles. The van der Waals surface area contributed by atoms with Crippen LogP contribution < -0.4 is 20.3 Å². The quantitative estimate of drug-likeness (QED) is 0.351. The SMILES string of the molecule is CC(Nc1nc(N2CC[C@H](NC(=O)[C@H]3CC[C@H](C)N3C(=O)O)[C@@H](O)C2)ncc1OC(F)F)c1ccc(Cl)cc1Cl. The molecule has 0 saturated carbocycles. The molecule has 3 heterocycles. The molecule has 2 fully saturated rings. The lowest BCUT2D eigenvalue weighted by Gasteiger charge is -2.37. The molecule has 1 aromatic carbocycles. The van der Waals surface area contributed by atoms with Gasteiger partial charge in [-0.05, 0) is 50.8 Å². The summed E-state index contributed by atoms with van der Waals surface area (Å²) >= 11 is 12.3. The molecule has 4 N–H and O–H groups in total. The zero-order chi connectivity index (χ0) is 29.1. The van der Waals surface area contributed by atoms with E-state index in [1.165, 1.54) is 0 Å². The molecule has 2 aliphatic rings. The number of benzene rings is 1. The average Bonchev–Trinajstić information content (AvgIpc) is 3.27. The third kappa shape index (κ3) is 6.76. The minimum absolute atomic E-state index is 0.00199. The van der Waals surface area contributed by atoms with Crippen LogP contribution in [0.25, 0.3) is 0 Å². The average molecular weight is 603 g/mol. The van der Waals surface area contributed by atoms with Crippen LogP contribution in [0.15, 0.2) is 24.4 Å². The van der Waals surface area contributed by atoms with Crippen molar-refractivity contribution in [3.05, 3.63) is 40.0 Å². The minimum atomic E-state index is -3.11. The number of carboxylic acid groups (broad SMARTS) is 1. The fraction of sp³-hybridized carbons (Fsp3) is 0.520. The van der Waals surface area contributed by atoms with Gasteiger partial charge in [0, 0.05) is 29.2 Å². The number of halogens is 4. The van der Waals surface area contributed by atoms with Crippen molar-refractivity contribution in [3.63, 3.8) is 0 Å². The smallest absolute Gasteiger partial charge is 0.408 e. The van der Waals surface area contributed by atoms with Gasteiger partial charge < -0.3 is 30.5 Å². The molecule has 5 atom stereocenters. The molecular weight excluding hydrogens is 573 g/mol. The van der Waals surface area contributed by atoms with E-state index in [4.69, 9.17) is 23.2 Å². The Kier molecular flexibility index (Phi) is 9.37. The highest BCUT2D eigenvalue weighted by atomic mass is 35.5. The number of piperidine rings is 1. The van der Waals surface area contributed by atoms with Crippen molar-refractivity contribution in [2.24, 2.45) is 0 Å². The first-order valence-electron chi connectivity index (χ1n) is 12.7. The van der Waals surface area contributed by atoms with Crippen molar-refractivity contribution >= 4 is 47.0 Å². The molecule has 0 radical (unpaired) electrons. The highest BCUT2D eigenvalue weighted by molar-refractivity contribution is 6.35. The van der Waals surface area contributed by atoms with Crippen molar-refractivity contribution in [1.29, 1.82) is 0 Å². The topological polar surface area (TPSA) is 140 Å². The van der Waals surface area contributed by atoms with Crippen molar-refractivity contribution in [1.82, 2.24) is 20.2 Å². The van der Waals surface area contributed by atoms with E-state index in [0.29, 0.717) is 41.4 Å². The van der Waals surface area contributed by atoms with Gasteiger partial charge in [0.2, 0.25) is 11.9 Å². The van der Waals surface area contributed by atoms with Gasteiger partial charge in [0.25, 0.3) is 0 Å². The van der Waals surface area contributed by atoms with E-state index in [9.17, 15) is 28.6 Å². The number of nitrogens with zero attached hydrogens (tertiary/aromatic N) is 4. The zero-order valence-electron chi connectivity index (χ0n) is 21.7. The summed E-state index contributed by atoms with van der Waals surface area (Å²) in [5, 5.41) is 26.9. The number of alkyl halides is 2. The molecule has 2 aromatic rings. The van der Waals surface area contributed by atoms with E-state index in [1.54, 1.807) is 36.9 Å². The van der Waals surface area contributed by atoms with Gasteiger partial charge in [-0.15, -0.1) is 0 Å². The first-order valence-corrected chi connectivity index (χ1v) is 13.5. The zero-order valence-corrected chi connectivity index (χ0v) is 23.2. The number of aliphatic hydroxyl groups is 1. The molecule has 15 heteroatoms. The van der Waals surface area contributed by atoms with Crippen molar-refractivity contribution in [2.75, 3.05) is 23.3 Å². The standard InChI is InChI=1S/C25H30Cl2F2N6O5/c1-12-3-6-18(35(12)25(38)39)22(37)32-17-7-8-34(11-19(17)36)24-30-10-20(40-23(28)29)21(33-24)31-13(2)15-5-4-14(26)9-16(15)27/h4-5,9-10,12-13,17-19,23,36H,3,6-8,11H2,1-2H3,(H,32,37)(H,38,39)(H,30,31,33)/t12-,13?,17-,18+,19-/m0/s1. The fourth-order valence-electron chi connectivity index (χ4n) is 5.06. The number of β-amino-alcohol motifs (C(OH)–C–C–N with tert-alkyl or cyclic N) is 1. The number of anilines is 2. The number of amides is 2. The van der Waals surface area contributed by atoms with Gasteiger partial charge in [-0.1, -0.05) is 29.3 Å². The Morgan fingerprint density at radius 2 is 1.98 bits per heavy atom. The highest BCUT2D eigenvalue weighted by Crippen LogP contribution is 2.33. The molecule has 0 bridgehead atoms. The van der Waals surface area contributed by atoms with Crippen molar-refractivity contribution < 1.29 is 33.3 Å². The summed E-state index contributed by atoms with van der Waals surface area (Å²) in [5.74, 6) is -0.565. The Hall–Kier alpha value is -3.16. The summed E-state index contributed by atoms with van der Waals surface area (Å²) in [7, 11) is 0. The summed E-state index contributed by atoms with van der Waals surface area (Å²) in [6.45, 7) is 0.781. The molecule has 1 aromatic heterocycles. The van der Waals surface area contributed by atoms with Crippen LogP contribution in [-0.4, -0.2) is 81.0 Å². The van der Waals surface area contributed by atoms with Crippen LogP contribution in [0.3, 0.4) is 0 Å². The molecule has 40 heavy (non-hydrogen) atoms. The van der Waals surface area contributed by atoms with Crippen molar-refractivity contribution in [3.8, 4) is 5.75 Å². The summed E-state index contributed by atoms with van der Waals surface area (Å²) in [6.07, 6.45) is 0.250. The van der Waals surface area contributed by atoms with Gasteiger partial charge in [0.05, 0.1) is 24.4 Å². The first kappa shape index (κ1) is 29.8. The van der Waals surface area contributed by atoms with Crippen LogP contribution >= 0.6 is 23.2 Å². The number of aromatic nitrogens is 2. The predicted octanol–water partition coefficient (Wildman–Crippen LogP) is 4.14. The first-order chi connectivity index (χ1) is 18.9. The number of aliphatic hydroxyl groups excluding tert-OH is 1. The minimum Gasteiger partial charge on any atom is -0.465 e.